The van der Waals surface area contributed by atoms with Crippen molar-refractivity contribution in [1.82, 2.24) is 0 Å². The quantitative estimate of drug-likeness (QED) is 0.328. The lowest BCUT2D eigenvalue weighted by Crippen LogP contribution is -2.19. The van der Waals surface area contributed by atoms with E-state index in [9.17, 15) is 0 Å². The number of hydrogen-bond donors (Lipinski definition) is 0. The van der Waals surface area contributed by atoms with E-state index >= 15 is 0 Å². The predicted molar refractivity (Wildman–Crippen MR) is 45.7 cm³/mol. The molecule has 0 radical (unpaired) electrons. The lowest BCUT2D eigenvalue weighted by Gasteiger charge is -2.08. The first-order chi connectivity index (χ1) is 4.85. The van der Waals surface area contributed by atoms with Gasteiger partial charge in [0.05, 0.1) is 0 Å². The highest BCUT2D eigenvalue weighted by molar-refractivity contribution is 6.43. The van der Waals surface area contributed by atoms with Crippen LogP contribution in [0, 0.1) is 0 Å². The van der Waals surface area contributed by atoms with Gasteiger partial charge in [-0.05, 0) is 0 Å². The Labute approximate surface area is 64.4 Å². The molecule has 0 bridgehead atoms. The van der Waals surface area contributed by atoms with Gasteiger partial charge in [0.15, 0.2) is 0 Å². The summed E-state index contributed by atoms with van der Waals surface area (Å²) in [5.41, 5.74) is 2.09. The van der Waals surface area contributed by atoms with Gasteiger partial charge in [0.1, 0.15) is 15.4 Å². The van der Waals surface area contributed by atoms with Gasteiger partial charge in [-0.15, -0.1) is 0 Å². The molecule has 0 atom stereocenters. The highest BCUT2D eigenvalue weighted by Crippen LogP contribution is 1.87. The monoisotopic (exact) mass is 158 g/mol. The molecule has 10 heavy (non-hydrogen) atoms. The molecule has 0 aliphatic carbocycles. The third-order valence-corrected chi connectivity index (χ3v) is 2.72. The number of allylic oxidation sites excluding steroid dienone is 2. The molecule has 0 N–H and O–H groups in total. The van der Waals surface area contributed by atoms with Crippen molar-refractivity contribution in [3.8, 4) is 0 Å². The lowest BCUT2D eigenvalue weighted by atomic mass is 10.6. The minimum Gasteiger partial charge on any atom is -0.360 e. The summed E-state index contributed by atoms with van der Waals surface area (Å²) in [7, 11) is 2.93. The molecule has 0 heterocycles. The number of ether oxygens (including phenoxy) is 2. The summed E-state index contributed by atoms with van der Waals surface area (Å²) in [5, 5.41) is 0. The Kier molecular flexibility index (Phi) is 6.47. The van der Waals surface area contributed by atoms with Crippen LogP contribution in [0.25, 0.3) is 0 Å². The van der Waals surface area contributed by atoms with Gasteiger partial charge in [-0.3, -0.25) is 0 Å². The Morgan fingerprint density at radius 2 is 2.00 bits per heavy atom. The second kappa shape index (κ2) is 6.73. The molecule has 58 valence electrons. The first kappa shape index (κ1) is 9.62. The molecule has 0 saturated carbocycles. The minimum absolute atomic E-state index is 0.0104. The Hall–Kier alpha value is -0.383. The van der Waals surface area contributed by atoms with Crippen LogP contribution < -0.4 is 0 Å². The highest BCUT2D eigenvalue weighted by Gasteiger charge is 1.99. The van der Waals surface area contributed by atoms with E-state index in [-0.39, 0.29) is 15.4 Å². The molecular formula is C7H14O2Si. The summed E-state index contributed by atoms with van der Waals surface area (Å²) in [5.74, 6) is 0.0104. The van der Waals surface area contributed by atoms with Crippen molar-refractivity contribution in [2.24, 2.45) is 0 Å². The van der Waals surface area contributed by atoms with Crippen LogP contribution in [0.4, 0.5) is 0 Å². The largest absolute Gasteiger partial charge is 0.360 e. The van der Waals surface area contributed by atoms with Crippen molar-refractivity contribution < 1.29 is 9.47 Å². The van der Waals surface area contributed by atoms with Gasteiger partial charge in [0.25, 0.3) is 0 Å². The van der Waals surface area contributed by atoms with Crippen molar-refractivity contribution in [3.05, 3.63) is 24.4 Å². The molecule has 0 aromatic heterocycles. The van der Waals surface area contributed by atoms with Crippen molar-refractivity contribution in [3.63, 3.8) is 0 Å². The fraction of sp³-hybridized carbons (Fsp3) is 0.429. The molecule has 0 saturated heterocycles. The third kappa shape index (κ3) is 4.49. The van der Waals surface area contributed by atoms with Crippen molar-refractivity contribution >= 4 is 9.52 Å². The van der Waals surface area contributed by atoms with Gasteiger partial charge in [-0.25, -0.2) is 0 Å². The van der Waals surface area contributed by atoms with Gasteiger partial charge in [0, 0.05) is 14.2 Å². The van der Waals surface area contributed by atoms with Crippen LogP contribution in [0.3, 0.4) is 0 Å². The van der Waals surface area contributed by atoms with E-state index < -0.39 is 0 Å². The Morgan fingerprint density at radius 1 is 1.40 bits per heavy atom. The van der Waals surface area contributed by atoms with Crippen molar-refractivity contribution in [2.45, 2.75) is 5.91 Å². The van der Waals surface area contributed by atoms with Crippen LogP contribution in [0.2, 0.25) is 0 Å². The topological polar surface area (TPSA) is 18.5 Å². The number of methoxy groups -OCH3 is 2. The summed E-state index contributed by atoms with van der Waals surface area (Å²) in [4.78, 5) is 0. The first-order valence-electron chi connectivity index (χ1n) is 3.18. The fourth-order valence-electron chi connectivity index (χ4n) is 0.575. The lowest BCUT2D eigenvalue weighted by molar-refractivity contribution is -0.0430. The average Bonchev–Trinajstić information content (AvgIpc) is 1.99. The number of rotatable bonds is 5. The summed E-state index contributed by atoms with van der Waals surface area (Å²) in [6.45, 7) is 3.56. The zero-order chi connectivity index (χ0) is 7.82. The van der Waals surface area contributed by atoms with E-state index in [0.29, 0.717) is 0 Å². The Bertz CT molecular complexity index is 108. The molecule has 0 aliphatic heterocycles. The summed E-state index contributed by atoms with van der Waals surface area (Å²) in [6.07, 6.45) is 3.69. The normalized spacial score (nSPS) is 12.3. The second-order valence-electron chi connectivity index (χ2n) is 1.80. The molecule has 0 amide bonds. The molecule has 0 unspecified atom stereocenters. The van der Waals surface area contributed by atoms with Crippen LogP contribution in [0.1, 0.15) is 0 Å². The fourth-order valence-corrected chi connectivity index (χ4v) is 1.53. The van der Waals surface area contributed by atoms with Crippen LogP contribution in [0.15, 0.2) is 24.4 Å². The van der Waals surface area contributed by atoms with Gasteiger partial charge < -0.3 is 9.47 Å². The highest BCUT2D eigenvalue weighted by atomic mass is 28.2. The summed E-state index contributed by atoms with van der Waals surface area (Å²) in [6, 6.07) is 0. The Balaban J connectivity index is 3.43. The average molecular weight is 158 g/mol. The minimum atomic E-state index is -0.382. The molecule has 0 fully saturated rings. The zero-order valence-electron chi connectivity index (χ0n) is 6.54. The van der Waals surface area contributed by atoms with Crippen molar-refractivity contribution in [1.29, 1.82) is 0 Å². The van der Waals surface area contributed by atoms with E-state index in [0.717, 1.165) is 0 Å². The third-order valence-electron chi connectivity index (χ3n) is 1.13. The van der Waals surface area contributed by atoms with Crippen molar-refractivity contribution in [2.75, 3.05) is 14.2 Å². The first-order valence-corrected chi connectivity index (χ1v) is 4.81. The van der Waals surface area contributed by atoms with Crippen LogP contribution in [-0.4, -0.2) is 29.7 Å². The SMILES string of the molecule is C=C/C=C/[SiH2]C(OC)OC. The van der Waals surface area contributed by atoms with E-state index in [4.69, 9.17) is 9.47 Å². The second-order valence-corrected chi connectivity index (χ2v) is 3.41. The molecule has 0 spiro atoms. The van der Waals surface area contributed by atoms with Crippen LogP contribution in [0.5, 0.6) is 0 Å². The number of hydrogen-bond acceptors (Lipinski definition) is 2. The summed E-state index contributed by atoms with van der Waals surface area (Å²) < 4.78 is 10.00. The van der Waals surface area contributed by atoms with Gasteiger partial charge >= 0.3 is 0 Å². The van der Waals surface area contributed by atoms with E-state index in [2.05, 4.69) is 12.3 Å². The van der Waals surface area contributed by atoms with E-state index in [1.165, 1.54) is 0 Å². The van der Waals surface area contributed by atoms with Gasteiger partial charge in [-0.2, -0.15) is 0 Å². The van der Waals surface area contributed by atoms with E-state index in [1.807, 2.05) is 6.08 Å². The molecule has 0 aromatic rings. The van der Waals surface area contributed by atoms with Gasteiger partial charge in [-0.1, -0.05) is 24.4 Å². The molecule has 3 heteroatoms. The Morgan fingerprint density at radius 3 is 2.40 bits per heavy atom. The molecule has 0 aliphatic rings. The molecule has 0 aromatic carbocycles. The standard InChI is InChI=1S/C7H14O2Si/c1-4-5-6-10-7(8-2)9-3/h4-7H,1,10H2,2-3H3/b6-5+. The smallest absolute Gasteiger partial charge is 0.138 e. The van der Waals surface area contributed by atoms with E-state index in [1.54, 1.807) is 20.3 Å². The molecule has 0 rings (SSSR count). The van der Waals surface area contributed by atoms with Crippen LogP contribution >= 0.6 is 0 Å². The molecule has 2 nitrogen and oxygen atoms in total. The van der Waals surface area contributed by atoms with Gasteiger partial charge in [0.2, 0.25) is 0 Å². The summed E-state index contributed by atoms with van der Waals surface area (Å²) >= 11 is 0. The maximum absolute atomic E-state index is 5.00. The maximum Gasteiger partial charge on any atom is 0.138 e. The maximum atomic E-state index is 5.00. The van der Waals surface area contributed by atoms with Crippen LogP contribution in [-0.2, 0) is 9.47 Å². The molecular weight excluding hydrogens is 144 g/mol. The predicted octanol–water partition coefficient (Wildman–Crippen LogP) is 0.431. The zero-order valence-corrected chi connectivity index (χ0v) is 7.95.